The van der Waals surface area contributed by atoms with Crippen molar-refractivity contribution in [1.29, 1.82) is 0 Å². The molecule has 4 aliphatic rings. The lowest BCUT2D eigenvalue weighted by atomic mass is 9.47. The van der Waals surface area contributed by atoms with Crippen molar-refractivity contribution in [2.45, 2.75) is 228 Å². The number of likely N-dealkylation sites (N-methyl/N-ethyl adjacent to an activating group) is 1. The van der Waals surface area contributed by atoms with Crippen LogP contribution in [0.2, 0.25) is 0 Å². The summed E-state index contributed by atoms with van der Waals surface area (Å²) < 4.78 is 12.9. The van der Waals surface area contributed by atoms with Crippen LogP contribution >= 0.6 is 0 Å². The molecule has 0 bridgehead atoms. The number of carbonyl (C=O) groups excluding carboxylic acids is 2. The maximum atomic E-state index is 13.5. The first kappa shape index (κ1) is 48.3. The molecule has 3 saturated carbocycles. The number of unbranched alkanes of at least 4 members (excludes halogenated alkanes) is 12. The molecule has 0 radical (unpaired) electrons. The third-order valence-corrected chi connectivity index (χ3v) is 16.5. The van der Waals surface area contributed by atoms with Crippen LogP contribution in [0.3, 0.4) is 0 Å². The summed E-state index contributed by atoms with van der Waals surface area (Å²) in [5.74, 6) is 5.42. The molecule has 330 valence electrons. The molecule has 0 aliphatic heterocycles. The fourth-order valence-electron chi connectivity index (χ4n) is 13.1. The highest BCUT2D eigenvalue weighted by atomic mass is 16.6. The van der Waals surface area contributed by atoms with Gasteiger partial charge >= 0.3 is 11.9 Å². The largest absolute Gasteiger partial charge is 0.462 e. The molecule has 0 spiro atoms. The summed E-state index contributed by atoms with van der Waals surface area (Å²) in [6, 6.07) is 0. The van der Waals surface area contributed by atoms with Gasteiger partial charge in [0.05, 0.1) is 27.6 Å². The van der Waals surface area contributed by atoms with Crippen LogP contribution in [0.25, 0.3) is 0 Å². The average molecular weight is 797 g/mol. The second-order valence-electron chi connectivity index (χ2n) is 22.1. The Morgan fingerprint density at radius 2 is 1.40 bits per heavy atom. The first-order valence-electron chi connectivity index (χ1n) is 25.0. The van der Waals surface area contributed by atoms with Crippen molar-refractivity contribution in [3.8, 4) is 0 Å². The second kappa shape index (κ2) is 23.0. The SMILES string of the molecule is CCCCCCCCCCCCCCCC(=O)OC(CC(=O)O[C@H]1CC[C@@]2(C)C(=CC[C@H]3[C@@H]4CC[C@H](C(C)CCC(CC)C(C)C)[C@@]4(C)CC[C@@H]32)C1)C[N+](C)(C)C. The molecule has 4 aliphatic carbocycles. The van der Waals surface area contributed by atoms with Gasteiger partial charge in [-0.1, -0.05) is 150 Å². The minimum absolute atomic E-state index is 0.0667. The highest BCUT2D eigenvalue weighted by Gasteiger charge is 2.59. The molecule has 57 heavy (non-hydrogen) atoms. The molecular formula is C52H94NO4+. The van der Waals surface area contributed by atoms with Gasteiger partial charge in [-0.05, 0) is 110 Å². The van der Waals surface area contributed by atoms with Crippen molar-refractivity contribution in [3.05, 3.63) is 11.6 Å². The number of nitrogens with zero attached hydrogens (tertiary/aromatic N) is 1. The highest BCUT2D eigenvalue weighted by Crippen LogP contribution is 2.67. The maximum Gasteiger partial charge on any atom is 0.310 e. The van der Waals surface area contributed by atoms with Crippen molar-refractivity contribution >= 4 is 11.9 Å². The van der Waals surface area contributed by atoms with Crippen LogP contribution in [-0.4, -0.2) is 56.3 Å². The van der Waals surface area contributed by atoms with Crippen LogP contribution in [0.15, 0.2) is 11.6 Å². The normalized spacial score (nSPS) is 30.2. The Bertz CT molecular complexity index is 1230. The summed E-state index contributed by atoms with van der Waals surface area (Å²) in [6.07, 6.45) is 33.2. The van der Waals surface area contributed by atoms with Crippen LogP contribution in [0.4, 0.5) is 0 Å². The zero-order valence-corrected chi connectivity index (χ0v) is 39.4. The van der Waals surface area contributed by atoms with E-state index in [-0.39, 0.29) is 29.9 Å². The van der Waals surface area contributed by atoms with Gasteiger partial charge in [0.25, 0.3) is 0 Å². The number of esters is 2. The van der Waals surface area contributed by atoms with Crippen molar-refractivity contribution in [3.63, 3.8) is 0 Å². The smallest absolute Gasteiger partial charge is 0.310 e. The molecule has 0 amide bonds. The fourth-order valence-corrected chi connectivity index (χ4v) is 13.1. The van der Waals surface area contributed by atoms with Gasteiger partial charge in [-0.3, -0.25) is 9.59 Å². The van der Waals surface area contributed by atoms with E-state index >= 15 is 0 Å². The van der Waals surface area contributed by atoms with E-state index in [1.54, 1.807) is 5.57 Å². The molecule has 0 N–H and O–H groups in total. The molecule has 5 nitrogen and oxygen atoms in total. The zero-order chi connectivity index (χ0) is 41.6. The van der Waals surface area contributed by atoms with Crippen LogP contribution in [0, 0.1) is 52.3 Å². The molecule has 0 heterocycles. The lowest BCUT2D eigenvalue weighted by molar-refractivity contribution is -0.873. The molecule has 0 saturated heterocycles. The Balaban J connectivity index is 1.21. The Labute approximate surface area is 353 Å². The number of carbonyl (C=O) groups is 2. The number of hydrogen-bond acceptors (Lipinski definition) is 4. The van der Waals surface area contributed by atoms with E-state index in [1.807, 2.05) is 0 Å². The molecule has 3 unspecified atom stereocenters. The predicted molar refractivity (Wildman–Crippen MR) is 240 cm³/mol. The summed E-state index contributed by atoms with van der Waals surface area (Å²) in [7, 11) is 6.29. The number of rotatable bonds is 26. The van der Waals surface area contributed by atoms with Crippen LogP contribution in [0.5, 0.6) is 0 Å². The number of fused-ring (bicyclic) bond motifs is 5. The first-order chi connectivity index (χ1) is 27.1. The summed E-state index contributed by atoms with van der Waals surface area (Å²) in [6.45, 7) is 18.0. The minimum atomic E-state index is -0.451. The number of quaternary nitrogens is 1. The fraction of sp³-hybridized carbons (Fsp3) is 0.923. The third kappa shape index (κ3) is 14.1. The van der Waals surface area contributed by atoms with E-state index in [0.29, 0.717) is 22.9 Å². The quantitative estimate of drug-likeness (QED) is 0.0379. The topological polar surface area (TPSA) is 52.6 Å². The molecular weight excluding hydrogens is 703 g/mol. The van der Waals surface area contributed by atoms with Crippen molar-refractivity contribution in [1.82, 2.24) is 0 Å². The van der Waals surface area contributed by atoms with Gasteiger partial charge in [0, 0.05) is 12.8 Å². The maximum absolute atomic E-state index is 13.5. The molecule has 3 fully saturated rings. The number of allylic oxidation sites excluding steroid dienone is 1. The summed E-state index contributed by atoms with van der Waals surface area (Å²) in [5.41, 5.74) is 2.29. The van der Waals surface area contributed by atoms with Crippen molar-refractivity contribution < 1.29 is 23.5 Å². The van der Waals surface area contributed by atoms with Gasteiger partial charge in [-0.15, -0.1) is 0 Å². The van der Waals surface area contributed by atoms with Crippen molar-refractivity contribution in [2.24, 2.45) is 52.3 Å². The van der Waals surface area contributed by atoms with E-state index in [2.05, 4.69) is 75.7 Å². The molecule has 0 aromatic carbocycles. The van der Waals surface area contributed by atoms with Crippen LogP contribution in [0.1, 0.15) is 215 Å². The molecule has 4 rings (SSSR count). The lowest BCUT2D eigenvalue weighted by Gasteiger charge is -2.58. The Hall–Kier alpha value is -1.36. The van der Waals surface area contributed by atoms with Crippen LogP contribution < -0.4 is 0 Å². The van der Waals surface area contributed by atoms with Gasteiger partial charge in [0.1, 0.15) is 12.6 Å². The summed E-state index contributed by atoms with van der Waals surface area (Å²) in [5, 5.41) is 0. The van der Waals surface area contributed by atoms with E-state index in [0.717, 1.165) is 73.5 Å². The minimum Gasteiger partial charge on any atom is -0.462 e. The molecule has 10 atom stereocenters. The van der Waals surface area contributed by atoms with Gasteiger partial charge in [-0.25, -0.2) is 0 Å². The Morgan fingerprint density at radius 3 is 2.00 bits per heavy atom. The molecule has 0 aromatic rings. The molecule has 5 heteroatoms. The van der Waals surface area contributed by atoms with E-state index in [1.165, 1.54) is 122 Å². The average Bonchev–Trinajstić information content (AvgIpc) is 3.50. The third-order valence-electron chi connectivity index (χ3n) is 16.5. The Morgan fingerprint density at radius 1 is 0.772 bits per heavy atom. The predicted octanol–water partition coefficient (Wildman–Crippen LogP) is 14.1. The van der Waals surface area contributed by atoms with Crippen molar-refractivity contribution in [2.75, 3.05) is 27.7 Å². The van der Waals surface area contributed by atoms with Gasteiger partial charge in [0.15, 0.2) is 6.10 Å². The number of hydrogen-bond donors (Lipinski definition) is 0. The zero-order valence-electron chi connectivity index (χ0n) is 39.4. The monoisotopic (exact) mass is 797 g/mol. The van der Waals surface area contributed by atoms with E-state index in [9.17, 15) is 9.59 Å². The molecule has 0 aromatic heterocycles. The van der Waals surface area contributed by atoms with Gasteiger partial charge in [-0.2, -0.15) is 0 Å². The standard InChI is InChI=1S/C52H94NO4/c1-11-13-14-15-16-17-18-19-20-21-22-23-24-25-49(54)57-44(38-53(8,9)10)37-50(55)56-43-32-34-51(6)42(36-43)28-29-45-47-31-30-46(52(47,7)35-33-48(45)51)40(5)26-27-41(12-2)39(3)4/h28,39-41,43-48H,11-27,29-38H2,1-10H3/q+1/t40?,41?,43-,44?,45-,46+,47-,48-,51-,52+/m0/s1. The van der Waals surface area contributed by atoms with Gasteiger partial charge < -0.3 is 14.0 Å². The highest BCUT2D eigenvalue weighted by molar-refractivity contribution is 5.72. The van der Waals surface area contributed by atoms with E-state index in [4.69, 9.17) is 9.47 Å². The lowest BCUT2D eigenvalue weighted by Crippen LogP contribution is -2.51. The Kier molecular flexibility index (Phi) is 19.5. The second-order valence-corrected chi connectivity index (χ2v) is 22.1. The summed E-state index contributed by atoms with van der Waals surface area (Å²) >= 11 is 0. The first-order valence-corrected chi connectivity index (χ1v) is 25.0. The summed E-state index contributed by atoms with van der Waals surface area (Å²) in [4.78, 5) is 26.4. The van der Waals surface area contributed by atoms with Gasteiger partial charge in [0.2, 0.25) is 0 Å². The van der Waals surface area contributed by atoms with Crippen LogP contribution in [-0.2, 0) is 19.1 Å². The van der Waals surface area contributed by atoms with E-state index < -0.39 is 6.10 Å². The number of ether oxygens (including phenoxy) is 2.